The molecule has 0 saturated carbocycles. The number of amides is 2. The largest absolute Gasteiger partial charge is 0.465 e. The molecule has 0 aliphatic carbocycles. The van der Waals surface area contributed by atoms with E-state index < -0.39 is 6.09 Å². The van der Waals surface area contributed by atoms with E-state index in [0.717, 1.165) is 37.4 Å². The van der Waals surface area contributed by atoms with Crippen molar-refractivity contribution in [2.24, 2.45) is 5.92 Å². The van der Waals surface area contributed by atoms with Crippen LogP contribution in [0.25, 0.3) is 0 Å². The molecule has 0 unspecified atom stereocenters. The van der Waals surface area contributed by atoms with Gasteiger partial charge in [0.15, 0.2) is 0 Å². The maximum atomic E-state index is 13.2. The van der Waals surface area contributed by atoms with Crippen molar-refractivity contribution in [3.63, 3.8) is 0 Å². The molecule has 3 heterocycles. The maximum absolute atomic E-state index is 13.2. The third kappa shape index (κ3) is 6.15. The minimum atomic E-state index is -1.02. The summed E-state index contributed by atoms with van der Waals surface area (Å²) in [5, 5.41) is 12.6. The van der Waals surface area contributed by atoms with Crippen LogP contribution in [0, 0.1) is 12.8 Å². The van der Waals surface area contributed by atoms with Gasteiger partial charge in [-0.25, -0.2) is 9.78 Å². The fraction of sp³-hybridized carbons (Fsp3) is 0.333. The summed E-state index contributed by atoms with van der Waals surface area (Å²) in [5.41, 5.74) is 3.33. The van der Waals surface area contributed by atoms with Crippen LogP contribution in [-0.4, -0.2) is 46.7 Å². The number of carbonyl (C=O) groups is 2. The van der Waals surface area contributed by atoms with Crippen molar-refractivity contribution in [3.05, 3.63) is 77.7 Å². The lowest BCUT2D eigenvalue weighted by atomic mass is 9.99. The predicted octanol–water partition coefficient (Wildman–Crippen LogP) is 5.00. The predicted molar refractivity (Wildman–Crippen MR) is 137 cm³/mol. The van der Waals surface area contributed by atoms with Gasteiger partial charge >= 0.3 is 6.09 Å². The third-order valence-corrected chi connectivity index (χ3v) is 6.31. The number of hydrogen-bond donors (Lipinski definition) is 2. The number of anilines is 3. The molecule has 2 amide bonds. The Morgan fingerprint density at radius 2 is 1.86 bits per heavy atom. The minimum absolute atomic E-state index is 0.222. The molecule has 1 saturated heterocycles. The highest BCUT2D eigenvalue weighted by atomic mass is 16.4. The summed E-state index contributed by atoms with van der Waals surface area (Å²) < 4.78 is 0. The fourth-order valence-electron chi connectivity index (χ4n) is 4.24. The Balaban J connectivity index is 1.46. The SMILES string of the molecule is Cc1ccc(C(=O)Nc2ccnc(CCN(C(=O)O)c3ccccc3)c2)c(N2CCC(C)CC2)n1. The standard InChI is InChI=1S/C27H31N5O3/c1-19-11-15-31(16-12-19)25-24(9-8-20(2)29-25)26(33)30-22-10-14-28-21(18-22)13-17-32(27(34)35)23-6-4-3-5-7-23/h3-10,14,18-19H,11-13,15-17H2,1-2H3,(H,34,35)(H,28,30,33). The van der Waals surface area contributed by atoms with Gasteiger partial charge in [0, 0.05) is 55.0 Å². The molecule has 1 aliphatic rings. The summed E-state index contributed by atoms with van der Waals surface area (Å²) in [6, 6.07) is 16.2. The Morgan fingerprint density at radius 3 is 2.57 bits per heavy atom. The van der Waals surface area contributed by atoms with Crippen LogP contribution in [0.3, 0.4) is 0 Å². The first-order valence-electron chi connectivity index (χ1n) is 11.9. The first kappa shape index (κ1) is 24.2. The number of rotatable bonds is 7. The van der Waals surface area contributed by atoms with Crippen LogP contribution in [0.1, 0.15) is 41.5 Å². The number of carboxylic acid groups (broad SMARTS) is 1. The normalized spacial score (nSPS) is 13.9. The number of nitrogens with zero attached hydrogens (tertiary/aromatic N) is 4. The number of aromatic nitrogens is 2. The summed E-state index contributed by atoms with van der Waals surface area (Å²) in [5.74, 6) is 1.19. The number of benzene rings is 1. The second-order valence-electron chi connectivity index (χ2n) is 9.00. The zero-order valence-electron chi connectivity index (χ0n) is 20.1. The highest BCUT2D eigenvalue weighted by molar-refractivity contribution is 6.07. The third-order valence-electron chi connectivity index (χ3n) is 6.31. The molecule has 1 fully saturated rings. The average molecular weight is 474 g/mol. The first-order chi connectivity index (χ1) is 16.9. The van der Waals surface area contributed by atoms with Crippen LogP contribution >= 0.6 is 0 Å². The number of nitrogens with one attached hydrogen (secondary N) is 1. The Hall–Kier alpha value is -3.94. The Kier molecular flexibility index (Phi) is 7.60. The van der Waals surface area contributed by atoms with Gasteiger partial charge in [-0.2, -0.15) is 0 Å². The van der Waals surface area contributed by atoms with E-state index in [0.29, 0.717) is 35.0 Å². The van der Waals surface area contributed by atoms with Gasteiger partial charge in [-0.15, -0.1) is 0 Å². The molecule has 2 aromatic heterocycles. The van der Waals surface area contributed by atoms with Gasteiger partial charge < -0.3 is 15.3 Å². The molecular formula is C27H31N5O3. The van der Waals surface area contributed by atoms with Crippen molar-refractivity contribution in [1.29, 1.82) is 0 Å². The second-order valence-corrected chi connectivity index (χ2v) is 9.00. The lowest BCUT2D eigenvalue weighted by molar-refractivity contribution is 0.102. The van der Waals surface area contributed by atoms with Gasteiger partial charge in [-0.1, -0.05) is 25.1 Å². The van der Waals surface area contributed by atoms with Crippen LogP contribution in [0.5, 0.6) is 0 Å². The van der Waals surface area contributed by atoms with Crippen molar-refractivity contribution in [3.8, 4) is 0 Å². The van der Waals surface area contributed by atoms with E-state index in [9.17, 15) is 14.7 Å². The molecule has 8 nitrogen and oxygen atoms in total. The number of carbonyl (C=O) groups excluding carboxylic acids is 1. The Morgan fingerprint density at radius 1 is 1.11 bits per heavy atom. The van der Waals surface area contributed by atoms with Crippen LogP contribution < -0.4 is 15.1 Å². The highest BCUT2D eigenvalue weighted by Crippen LogP contribution is 2.26. The molecule has 1 aromatic carbocycles. The summed E-state index contributed by atoms with van der Waals surface area (Å²) in [7, 11) is 0. The number of piperidine rings is 1. The van der Waals surface area contributed by atoms with Crippen molar-refractivity contribution in [2.45, 2.75) is 33.1 Å². The van der Waals surface area contributed by atoms with E-state index in [1.54, 1.807) is 42.6 Å². The monoisotopic (exact) mass is 473 g/mol. The maximum Gasteiger partial charge on any atom is 0.411 e. The number of aryl methyl sites for hydroxylation is 1. The van der Waals surface area contributed by atoms with E-state index in [1.807, 2.05) is 25.1 Å². The smallest absolute Gasteiger partial charge is 0.411 e. The van der Waals surface area contributed by atoms with Crippen LogP contribution in [-0.2, 0) is 6.42 Å². The average Bonchev–Trinajstić information content (AvgIpc) is 2.85. The number of hydrogen-bond acceptors (Lipinski definition) is 5. The molecule has 3 aromatic rings. The van der Waals surface area contributed by atoms with Crippen molar-refractivity contribution >= 4 is 29.2 Å². The number of para-hydroxylation sites is 1. The van der Waals surface area contributed by atoms with E-state index in [1.165, 1.54) is 4.90 Å². The van der Waals surface area contributed by atoms with Crippen molar-refractivity contribution in [1.82, 2.24) is 9.97 Å². The van der Waals surface area contributed by atoms with Crippen LogP contribution in [0.4, 0.5) is 22.0 Å². The van der Waals surface area contributed by atoms with Crippen molar-refractivity contribution in [2.75, 3.05) is 34.8 Å². The lowest BCUT2D eigenvalue weighted by Crippen LogP contribution is -2.35. The lowest BCUT2D eigenvalue weighted by Gasteiger charge is -2.32. The summed E-state index contributed by atoms with van der Waals surface area (Å²) >= 11 is 0. The molecule has 0 radical (unpaired) electrons. The molecule has 35 heavy (non-hydrogen) atoms. The summed E-state index contributed by atoms with van der Waals surface area (Å²) in [6.07, 6.45) is 3.18. The molecule has 8 heteroatoms. The Bertz CT molecular complexity index is 1180. The highest BCUT2D eigenvalue weighted by Gasteiger charge is 2.23. The van der Waals surface area contributed by atoms with Gasteiger partial charge in [0.1, 0.15) is 5.82 Å². The Labute approximate surface area is 205 Å². The minimum Gasteiger partial charge on any atom is -0.465 e. The summed E-state index contributed by atoms with van der Waals surface area (Å²) in [4.78, 5) is 37.5. The van der Waals surface area contributed by atoms with Gasteiger partial charge in [0.25, 0.3) is 5.91 Å². The van der Waals surface area contributed by atoms with E-state index in [2.05, 4.69) is 27.1 Å². The van der Waals surface area contributed by atoms with Gasteiger partial charge in [0.2, 0.25) is 0 Å². The fourth-order valence-corrected chi connectivity index (χ4v) is 4.24. The molecule has 2 N–H and O–H groups in total. The van der Waals surface area contributed by atoms with E-state index in [4.69, 9.17) is 0 Å². The van der Waals surface area contributed by atoms with Crippen LogP contribution in [0.15, 0.2) is 60.8 Å². The molecule has 4 rings (SSSR count). The topological polar surface area (TPSA) is 98.7 Å². The summed E-state index contributed by atoms with van der Waals surface area (Å²) in [6.45, 7) is 6.22. The second kappa shape index (κ2) is 11.0. The number of pyridine rings is 2. The van der Waals surface area contributed by atoms with Gasteiger partial charge in [0.05, 0.1) is 5.56 Å². The molecular weight excluding hydrogens is 442 g/mol. The van der Waals surface area contributed by atoms with E-state index in [-0.39, 0.29) is 12.5 Å². The van der Waals surface area contributed by atoms with Gasteiger partial charge in [-0.3, -0.25) is 14.7 Å². The molecule has 0 bridgehead atoms. The zero-order valence-corrected chi connectivity index (χ0v) is 20.1. The van der Waals surface area contributed by atoms with Crippen LogP contribution in [0.2, 0.25) is 0 Å². The molecule has 1 aliphatic heterocycles. The quantitative estimate of drug-likeness (QED) is 0.501. The molecule has 0 atom stereocenters. The molecule has 182 valence electrons. The first-order valence-corrected chi connectivity index (χ1v) is 11.9. The molecule has 0 spiro atoms. The van der Waals surface area contributed by atoms with Gasteiger partial charge in [-0.05, 0) is 62.1 Å². The van der Waals surface area contributed by atoms with E-state index >= 15 is 0 Å². The van der Waals surface area contributed by atoms with Crippen molar-refractivity contribution < 1.29 is 14.7 Å². The zero-order chi connectivity index (χ0) is 24.8.